The van der Waals surface area contributed by atoms with E-state index >= 15 is 0 Å². The predicted molar refractivity (Wildman–Crippen MR) is 44.4 cm³/mol. The highest BCUT2D eigenvalue weighted by Crippen LogP contribution is 2.40. The van der Waals surface area contributed by atoms with Crippen LogP contribution in [0.3, 0.4) is 0 Å². The van der Waals surface area contributed by atoms with E-state index in [0.717, 1.165) is 11.2 Å². The number of alkyl halides is 1. The van der Waals surface area contributed by atoms with Crippen LogP contribution in [-0.2, 0) is 4.74 Å². The van der Waals surface area contributed by atoms with Crippen molar-refractivity contribution in [3.05, 3.63) is 0 Å². The van der Waals surface area contributed by atoms with Crippen molar-refractivity contribution in [2.45, 2.75) is 37.9 Å². The highest BCUT2D eigenvalue weighted by atomic mass is 79.9. The van der Waals surface area contributed by atoms with Gasteiger partial charge in [-0.25, -0.2) is 0 Å². The molecule has 2 heteroatoms. The average Bonchev–Trinajstić information content (AvgIpc) is 2.70. The fraction of sp³-hybridized carbons (Fsp3) is 1.00. The molecule has 1 aliphatic heterocycles. The molecule has 1 nitrogen and oxygen atoms in total. The zero-order valence-electron chi connectivity index (χ0n) is 6.05. The summed E-state index contributed by atoms with van der Waals surface area (Å²) in [6.45, 7) is 0. The molecule has 0 aromatic carbocycles. The first-order chi connectivity index (χ1) is 4.90. The Labute approximate surface area is 70.3 Å². The summed E-state index contributed by atoms with van der Waals surface area (Å²) in [7, 11) is 0. The summed E-state index contributed by atoms with van der Waals surface area (Å²) >= 11 is 3.45. The lowest BCUT2D eigenvalue weighted by molar-refractivity contribution is 0.0460. The Morgan fingerprint density at radius 3 is 2.50 bits per heavy atom. The van der Waals surface area contributed by atoms with Gasteiger partial charge in [0.2, 0.25) is 0 Å². The van der Waals surface area contributed by atoms with Crippen molar-refractivity contribution in [1.82, 2.24) is 0 Å². The maximum atomic E-state index is 5.79. The Morgan fingerprint density at radius 2 is 2.00 bits per heavy atom. The van der Waals surface area contributed by atoms with Gasteiger partial charge in [0.1, 0.15) is 0 Å². The summed E-state index contributed by atoms with van der Waals surface area (Å²) in [5.74, 6) is 0.934. The molecule has 0 amide bonds. The van der Waals surface area contributed by atoms with Gasteiger partial charge in [-0.1, -0.05) is 15.9 Å². The van der Waals surface area contributed by atoms with Crippen LogP contribution in [0.5, 0.6) is 0 Å². The molecule has 0 aromatic heterocycles. The van der Waals surface area contributed by atoms with Crippen molar-refractivity contribution < 1.29 is 4.74 Å². The van der Waals surface area contributed by atoms with Gasteiger partial charge in [0.15, 0.2) is 0 Å². The predicted octanol–water partition coefficient (Wildman–Crippen LogP) is 2.34. The van der Waals surface area contributed by atoms with Gasteiger partial charge in [-0.15, -0.1) is 0 Å². The van der Waals surface area contributed by atoms with E-state index < -0.39 is 0 Å². The second-order valence-electron chi connectivity index (χ2n) is 3.37. The zero-order valence-corrected chi connectivity index (χ0v) is 7.64. The third kappa shape index (κ3) is 1.37. The van der Waals surface area contributed by atoms with E-state index in [1.807, 2.05) is 0 Å². The van der Waals surface area contributed by atoms with Gasteiger partial charge < -0.3 is 4.74 Å². The maximum absolute atomic E-state index is 5.79. The highest BCUT2D eigenvalue weighted by Gasteiger charge is 2.36. The molecule has 2 atom stereocenters. The van der Waals surface area contributed by atoms with Gasteiger partial charge in [0.25, 0.3) is 0 Å². The number of rotatable bonds is 2. The van der Waals surface area contributed by atoms with Crippen molar-refractivity contribution in [2.75, 3.05) is 5.33 Å². The molecule has 0 N–H and O–H groups in total. The molecule has 1 saturated heterocycles. The van der Waals surface area contributed by atoms with Gasteiger partial charge in [-0.05, 0) is 31.6 Å². The first-order valence-electron chi connectivity index (χ1n) is 4.11. The van der Waals surface area contributed by atoms with Crippen molar-refractivity contribution in [3.63, 3.8) is 0 Å². The molecule has 2 unspecified atom stereocenters. The van der Waals surface area contributed by atoms with Crippen LogP contribution in [-0.4, -0.2) is 17.5 Å². The lowest BCUT2D eigenvalue weighted by atomic mass is 10.1. The largest absolute Gasteiger partial charge is 0.374 e. The maximum Gasteiger partial charge on any atom is 0.0676 e. The number of halogens is 1. The topological polar surface area (TPSA) is 9.23 Å². The lowest BCUT2D eigenvalue weighted by Crippen LogP contribution is -2.13. The van der Waals surface area contributed by atoms with Crippen LogP contribution < -0.4 is 0 Å². The Bertz CT molecular complexity index is 122. The molecule has 0 bridgehead atoms. The summed E-state index contributed by atoms with van der Waals surface area (Å²) in [4.78, 5) is 0. The van der Waals surface area contributed by atoms with E-state index in [0.29, 0.717) is 12.2 Å². The summed E-state index contributed by atoms with van der Waals surface area (Å²) in [5, 5.41) is 1.02. The van der Waals surface area contributed by atoms with Crippen LogP contribution in [0.4, 0.5) is 0 Å². The smallest absolute Gasteiger partial charge is 0.0676 e. The molecular weight excluding hydrogens is 192 g/mol. The quantitative estimate of drug-likeness (QED) is 0.628. The van der Waals surface area contributed by atoms with Gasteiger partial charge >= 0.3 is 0 Å². The highest BCUT2D eigenvalue weighted by molar-refractivity contribution is 9.09. The van der Waals surface area contributed by atoms with E-state index in [-0.39, 0.29) is 0 Å². The second kappa shape index (κ2) is 2.82. The molecule has 1 heterocycles. The zero-order chi connectivity index (χ0) is 6.97. The Hall–Kier alpha value is 0.440. The summed E-state index contributed by atoms with van der Waals surface area (Å²) in [6.07, 6.45) is 6.56. The van der Waals surface area contributed by atoms with E-state index in [4.69, 9.17) is 4.74 Å². The Morgan fingerprint density at radius 1 is 1.20 bits per heavy atom. The van der Waals surface area contributed by atoms with Crippen LogP contribution in [0, 0.1) is 5.92 Å². The van der Waals surface area contributed by atoms with E-state index in [1.165, 1.54) is 25.7 Å². The standard InChI is InChI=1S/C8H13BrO/c9-5-7-3-4-8(10-7)6-1-2-6/h6-8H,1-5H2. The number of ether oxygens (including phenoxy) is 1. The second-order valence-corrected chi connectivity index (χ2v) is 4.01. The minimum Gasteiger partial charge on any atom is -0.374 e. The van der Waals surface area contributed by atoms with Gasteiger partial charge in [0, 0.05) is 5.33 Å². The normalized spacial score (nSPS) is 40.5. The van der Waals surface area contributed by atoms with Gasteiger partial charge in [0.05, 0.1) is 12.2 Å². The monoisotopic (exact) mass is 204 g/mol. The van der Waals surface area contributed by atoms with E-state index in [9.17, 15) is 0 Å². The van der Waals surface area contributed by atoms with Gasteiger partial charge in [-0.2, -0.15) is 0 Å². The van der Waals surface area contributed by atoms with Crippen molar-refractivity contribution in [2.24, 2.45) is 5.92 Å². The number of hydrogen-bond donors (Lipinski definition) is 0. The number of hydrogen-bond acceptors (Lipinski definition) is 1. The van der Waals surface area contributed by atoms with Crippen LogP contribution >= 0.6 is 15.9 Å². The molecule has 0 spiro atoms. The molecule has 0 radical (unpaired) electrons. The fourth-order valence-electron chi connectivity index (χ4n) is 1.66. The SMILES string of the molecule is BrCC1CCC(C2CC2)O1. The molecule has 1 saturated carbocycles. The molecule has 10 heavy (non-hydrogen) atoms. The van der Waals surface area contributed by atoms with E-state index in [2.05, 4.69) is 15.9 Å². The third-order valence-electron chi connectivity index (χ3n) is 2.46. The Kier molecular flexibility index (Phi) is 2.01. The third-order valence-corrected chi connectivity index (χ3v) is 3.18. The van der Waals surface area contributed by atoms with E-state index in [1.54, 1.807) is 0 Å². The first kappa shape index (κ1) is 7.11. The molecule has 2 rings (SSSR count). The van der Waals surface area contributed by atoms with Crippen molar-refractivity contribution in [1.29, 1.82) is 0 Å². The fourth-order valence-corrected chi connectivity index (χ4v) is 2.14. The molecule has 2 fully saturated rings. The summed E-state index contributed by atoms with van der Waals surface area (Å²) in [5.41, 5.74) is 0. The molecular formula is C8H13BrO. The minimum atomic E-state index is 0.519. The average molecular weight is 205 g/mol. The molecule has 2 aliphatic rings. The lowest BCUT2D eigenvalue weighted by Gasteiger charge is -2.09. The van der Waals surface area contributed by atoms with Crippen LogP contribution in [0.15, 0.2) is 0 Å². The van der Waals surface area contributed by atoms with Crippen LogP contribution in [0.1, 0.15) is 25.7 Å². The van der Waals surface area contributed by atoms with Crippen molar-refractivity contribution >= 4 is 15.9 Å². The van der Waals surface area contributed by atoms with Crippen molar-refractivity contribution in [3.8, 4) is 0 Å². The van der Waals surface area contributed by atoms with Crippen LogP contribution in [0.25, 0.3) is 0 Å². The summed E-state index contributed by atoms with van der Waals surface area (Å²) in [6, 6.07) is 0. The first-order valence-corrected chi connectivity index (χ1v) is 5.23. The van der Waals surface area contributed by atoms with Crippen LogP contribution in [0.2, 0.25) is 0 Å². The molecule has 58 valence electrons. The van der Waals surface area contributed by atoms with Gasteiger partial charge in [-0.3, -0.25) is 0 Å². The Balaban J connectivity index is 1.81. The minimum absolute atomic E-state index is 0.519. The molecule has 1 aliphatic carbocycles. The molecule has 0 aromatic rings. The summed E-state index contributed by atoms with van der Waals surface area (Å²) < 4.78 is 5.79.